The van der Waals surface area contributed by atoms with Gasteiger partial charge < -0.3 is 14.4 Å². The van der Waals surface area contributed by atoms with Gasteiger partial charge in [-0.15, -0.1) is 5.10 Å². The number of aryl methyl sites for hydroxylation is 1. The number of carbonyl (C=O) groups excluding carboxylic acids is 1. The average molecular weight is 474 g/mol. The van der Waals surface area contributed by atoms with Crippen LogP contribution in [0.15, 0.2) is 41.0 Å². The summed E-state index contributed by atoms with van der Waals surface area (Å²) >= 11 is 1.26. The van der Waals surface area contributed by atoms with E-state index in [2.05, 4.69) is 10.1 Å². The first-order valence-electron chi connectivity index (χ1n) is 10.5. The molecule has 1 unspecified atom stereocenters. The molecular formula is C22H21F2N5O3S. The summed E-state index contributed by atoms with van der Waals surface area (Å²) in [7, 11) is 0. The van der Waals surface area contributed by atoms with Crippen molar-refractivity contribution in [1.29, 1.82) is 0 Å². The quantitative estimate of drug-likeness (QED) is 0.478. The summed E-state index contributed by atoms with van der Waals surface area (Å²) in [6.07, 6.45) is 2.08. The van der Waals surface area contributed by atoms with Gasteiger partial charge in [0.15, 0.2) is 23.2 Å². The van der Waals surface area contributed by atoms with E-state index in [4.69, 9.17) is 4.42 Å². The summed E-state index contributed by atoms with van der Waals surface area (Å²) < 4.78 is 34.4. The zero-order valence-electron chi connectivity index (χ0n) is 17.7. The van der Waals surface area contributed by atoms with Gasteiger partial charge in [0.1, 0.15) is 0 Å². The minimum Gasteiger partial charge on any atom is -0.492 e. The fourth-order valence-corrected chi connectivity index (χ4v) is 5.20. The first-order valence-corrected chi connectivity index (χ1v) is 11.4. The number of nitrogens with zero attached hydrogens (tertiary/aromatic N) is 5. The lowest BCUT2D eigenvalue weighted by molar-refractivity contribution is 0.0567. The van der Waals surface area contributed by atoms with Gasteiger partial charge in [0, 0.05) is 32.6 Å². The summed E-state index contributed by atoms with van der Waals surface area (Å²) in [5, 5.41) is 15.3. The van der Waals surface area contributed by atoms with Gasteiger partial charge in [0.2, 0.25) is 10.8 Å². The smallest absolute Gasteiger partial charge is 0.289 e. The van der Waals surface area contributed by atoms with Gasteiger partial charge >= 0.3 is 0 Å². The second kappa shape index (κ2) is 8.56. The van der Waals surface area contributed by atoms with Crippen molar-refractivity contribution >= 4 is 22.2 Å². The van der Waals surface area contributed by atoms with E-state index in [1.807, 2.05) is 11.8 Å². The molecule has 1 aliphatic rings. The number of amides is 1. The van der Waals surface area contributed by atoms with E-state index >= 15 is 0 Å². The molecule has 11 heteroatoms. The molecule has 1 aromatic carbocycles. The molecule has 1 aliphatic heterocycles. The fraction of sp³-hybridized carbons (Fsp3) is 0.318. The van der Waals surface area contributed by atoms with E-state index in [1.165, 1.54) is 28.2 Å². The van der Waals surface area contributed by atoms with E-state index in [-0.39, 0.29) is 17.5 Å². The molecule has 1 fully saturated rings. The standard InChI is InChI=1S/C22H21F2N5O3S/c1-2-17-25-22-29(26-17)21(31)19(33-22)18(13-5-6-14(23)15(24)12-13)27-7-9-28(10-8-27)20(30)16-4-3-11-32-16/h3-6,11-12,18,31H,2,7-10H2,1H3. The number of carbonyl (C=O) groups is 1. The lowest BCUT2D eigenvalue weighted by atomic mass is 10.0. The zero-order valence-corrected chi connectivity index (χ0v) is 18.6. The van der Waals surface area contributed by atoms with Crippen LogP contribution < -0.4 is 0 Å². The Morgan fingerprint density at radius 1 is 1.21 bits per heavy atom. The van der Waals surface area contributed by atoms with Crippen molar-refractivity contribution < 1.29 is 23.1 Å². The number of furan rings is 1. The summed E-state index contributed by atoms with van der Waals surface area (Å²) in [4.78, 5) is 21.8. The summed E-state index contributed by atoms with van der Waals surface area (Å²) in [5.41, 5.74) is 0.496. The van der Waals surface area contributed by atoms with Crippen molar-refractivity contribution in [3.63, 3.8) is 0 Å². The fourth-order valence-electron chi connectivity index (χ4n) is 4.07. The Morgan fingerprint density at radius 3 is 2.64 bits per heavy atom. The molecule has 0 radical (unpaired) electrons. The highest BCUT2D eigenvalue weighted by Crippen LogP contribution is 2.40. The lowest BCUT2D eigenvalue weighted by Gasteiger charge is -2.38. The molecule has 33 heavy (non-hydrogen) atoms. The highest BCUT2D eigenvalue weighted by atomic mass is 32.1. The predicted octanol–water partition coefficient (Wildman–Crippen LogP) is 3.48. The van der Waals surface area contributed by atoms with E-state index in [0.717, 1.165) is 12.1 Å². The molecule has 0 spiro atoms. The number of aromatic hydroxyl groups is 1. The molecule has 4 heterocycles. The van der Waals surface area contributed by atoms with Crippen molar-refractivity contribution in [3.8, 4) is 5.88 Å². The molecule has 8 nitrogen and oxygen atoms in total. The normalized spacial score (nSPS) is 15.9. The SMILES string of the molecule is CCc1nc2sc(C(c3ccc(F)c(F)c3)N3CCN(C(=O)c4ccco4)CC3)c(O)n2n1. The minimum atomic E-state index is -0.962. The Labute approximate surface area is 191 Å². The third kappa shape index (κ3) is 3.87. The highest BCUT2D eigenvalue weighted by Gasteiger charge is 2.33. The van der Waals surface area contributed by atoms with Crippen LogP contribution in [0.4, 0.5) is 8.78 Å². The molecule has 0 aliphatic carbocycles. The number of hydrogen-bond acceptors (Lipinski definition) is 7. The van der Waals surface area contributed by atoms with Crippen molar-refractivity contribution in [2.24, 2.45) is 0 Å². The Morgan fingerprint density at radius 2 is 2.00 bits per heavy atom. The maximum Gasteiger partial charge on any atom is 0.289 e. The molecule has 1 amide bonds. The van der Waals surface area contributed by atoms with Gasteiger partial charge in [-0.25, -0.2) is 13.8 Å². The van der Waals surface area contributed by atoms with Crippen molar-refractivity contribution in [2.75, 3.05) is 26.2 Å². The van der Waals surface area contributed by atoms with Crippen LogP contribution in [-0.4, -0.2) is 61.6 Å². The topological polar surface area (TPSA) is 87.1 Å². The van der Waals surface area contributed by atoms with Crippen LogP contribution >= 0.6 is 11.3 Å². The molecule has 1 atom stereocenters. The first-order chi connectivity index (χ1) is 16.0. The van der Waals surface area contributed by atoms with Gasteiger partial charge in [0.05, 0.1) is 17.2 Å². The molecule has 4 aromatic rings. The number of piperazine rings is 1. The van der Waals surface area contributed by atoms with Crippen molar-refractivity contribution in [3.05, 3.63) is 70.3 Å². The largest absolute Gasteiger partial charge is 0.492 e. The molecule has 0 saturated carbocycles. The van der Waals surface area contributed by atoms with Crippen LogP contribution in [0.2, 0.25) is 0 Å². The van der Waals surface area contributed by atoms with E-state index in [1.54, 1.807) is 17.0 Å². The molecule has 3 aromatic heterocycles. The van der Waals surface area contributed by atoms with Crippen LogP contribution in [0.25, 0.3) is 4.96 Å². The molecular weight excluding hydrogens is 452 g/mol. The number of benzene rings is 1. The summed E-state index contributed by atoms with van der Waals surface area (Å²) in [6, 6.07) is 6.47. The number of thiazole rings is 1. The second-order valence-corrected chi connectivity index (χ2v) is 8.76. The Hall–Kier alpha value is -3.31. The van der Waals surface area contributed by atoms with Crippen molar-refractivity contribution in [1.82, 2.24) is 24.4 Å². The van der Waals surface area contributed by atoms with Gasteiger partial charge in [-0.3, -0.25) is 9.69 Å². The number of hydrogen-bond donors (Lipinski definition) is 1. The van der Waals surface area contributed by atoms with Gasteiger partial charge in [-0.1, -0.05) is 24.3 Å². The van der Waals surface area contributed by atoms with Crippen LogP contribution in [-0.2, 0) is 6.42 Å². The maximum atomic E-state index is 14.1. The van der Waals surface area contributed by atoms with Crippen molar-refractivity contribution in [2.45, 2.75) is 19.4 Å². The van der Waals surface area contributed by atoms with Crippen LogP contribution in [0.5, 0.6) is 5.88 Å². The third-order valence-electron chi connectivity index (χ3n) is 5.77. The first kappa shape index (κ1) is 21.5. The monoisotopic (exact) mass is 473 g/mol. The van der Waals surface area contributed by atoms with Gasteiger partial charge in [-0.2, -0.15) is 4.52 Å². The van der Waals surface area contributed by atoms with Crippen LogP contribution in [0.3, 0.4) is 0 Å². The van der Waals surface area contributed by atoms with E-state index in [0.29, 0.717) is 53.8 Å². The van der Waals surface area contributed by atoms with Crippen LogP contribution in [0, 0.1) is 11.6 Å². The van der Waals surface area contributed by atoms with E-state index < -0.39 is 17.7 Å². The summed E-state index contributed by atoms with van der Waals surface area (Å²) in [6.45, 7) is 3.68. The maximum absolute atomic E-state index is 14.1. The third-order valence-corrected chi connectivity index (χ3v) is 6.84. The molecule has 0 bridgehead atoms. The predicted molar refractivity (Wildman–Crippen MR) is 116 cm³/mol. The Balaban J connectivity index is 1.47. The molecule has 1 saturated heterocycles. The number of fused-ring (bicyclic) bond motifs is 1. The zero-order chi connectivity index (χ0) is 23.1. The molecule has 172 valence electrons. The molecule has 5 rings (SSSR count). The molecule has 1 N–H and O–H groups in total. The second-order valence-electron chi connectivity index (χ2n) is 7.75. The Kier molecular flexibility index (Phi) is 5.59. The Bertz CT molecular complexity index is 1300. The number of aromatic nitrogens is 3. The minimum absolute atomic E-state index is 0.0778. The summed E-state index contributed by atoms with van der Waals surface area (Å²) in [5.74, 6) is -1.29. The van der Waals surface area contributed by atoms with E-state index in [9.17, 15) is 18.7 Å². The highest BCUT2D eigenvalue weighted by molar-refractivity contribution is 7.17. The van der Waals surface area contributed by atoms with Gasteiger partial charge in [-0.05, 0) is 29.8 Å². The lowest BCUT2D eigenvalue weighted by Crippen LogP contribution is -2.49. The van der Waals surface area contributed by atoms with Gasteiger partial charge in [0.25, 0.3) is 5.91 Å². The van der Waals surface area contributed by atoms with Crippen LogP contribution in [0.1, 0.15) is 39.8 Å². The average Bonchev–Trinajstić information content (AvgIpc) is 3.55. The number of halogens is 2. The number of rotatable bonds is 5.